The Balaban J connectivity index is 2.25. The number of pyridine rings is 1. The fraction of sp³-hybridized carbons (Fsp3) is 0.214. The van der Waals surface area contributed by atoms with E-state index in [0.717, 1.165) is 16.0 Å². The molecule has 0 radical (unpaired) electrons. The molecule has 100 valence electrons. The third kappa shape index (κ3) is 3.23. The number of rotatable bonds is 3. The standard InChI is InChI=1S/C14H14BrFN2O/c1-8(11-7-10(16)3-5-13(11)19)17-12-4-6-14(15)18-9(12)2/h3-8,17,19H,1-2H3. The van der Waals surface area contributed by atoms with Crippen LogP contribution in [0.1, 0.15) is 24.2 Å². The highest BCUT2D eigenvalue weighted by atomic mass is 79.9. The van der Waals surface area contributed by atoms with Crippen LogP contribution in [0.15, 0.2) is 34.9 Å². The monoisotopic (exact) mass is 324 g/mol. The van der Waals surface area contributed by atoms with Gasteiger partial charge in [0.25, 0.3) is 0 Å². The van der Waals surface area contributed by atoms with Crippen LogP contribution in [-0.4, -0.2) is 10.1 Å². The summed E-state index contributed by atoms with van der Waals surface area (Å²) in [7, 11) is 0. The zero-order chi connectivity index (χ0) is 14.0. The van der Waals surface area contributed by atoms with Gasteiger partial charge in [0, 0.05) is 5.56 Å². The first-order valence-corrected chi connectivity index (χ1v) is 6.65. The molecule has 0 bridgehead atoms. The van der Waals surface area contributed by atoms with E-state index in [2.05, 4.69) is 26.2 Å². The summed E-state index contributed by atoms with van der Waals surface area (Å²) in [5.41, 5.74) is 2.19. The van der Waals surface area contributed by atoms with Crippen LogP contribution in [0.4, 0.5) is 10.1 Å². The van der Waals surface area contributed by atoms with Crippen LogP contribution >= 0.6 is 15.9 Å². The van der Waals surface area contributed by atoms with Crippen LogP contribution in [0.2, 0.25) is 0 Å². The smallest absolute Gasteiger partial charge is 0.123 e. The fourth-order valence-corrected chi connectivity index (χ4v) is 2.26. The van der Waals surface area contributed by atoms with Gasteiger partial charge in [-0.15, -0.1) is 0 Å². The van der Waals surface area contributed by atoms with Gasteiger partial charge in [-0.25, -0.2) is 9.37 Å². The molecule has 1 aromatic carbocycles. The summed E-state index contributed by atoms with van der Waals surface area (Å²) in [6.07, 6.45) is 0. The third-order valence-corrected chi connectivity index (χ3v) is 3.32. The highest BCUT2D eigenvalue weighted by Gasteiger charge is 2.12. The summed E-state index contributed by atoms with van der Waals surface area (Å²) in [6, 6.07) is 7.41. The normalized spacial score (nSPS) is 12.2. The molecule has 1 heterocycles. The maximum absolute atomic E-state index is 13.2. The van der Waals surface area contributed by atoms with Crippen LogP contribution in [0.3, 0.4) is 0 Å². The minimum atomic E-state index is -0.368. The molecule has 0 aliphatic rings. The summed E-state index contributed by atoms with van der Waals surface area (Å²) in [5, 5.41) is 13.0. The summed E-state index contributed by atoms with van der Waals surface area (Å²) < 4.78 is 14.0. The molecule has 2 N–H and O–H groups in total. The summed E-state index contributed by atoms with van der Waals surface area (Å²) in [5.74, 6) is -0.295. The van der Waals surface area contributed by atoms with E-state index in [1.807, 2.05) is 26.0 Å². The first-order chi connectivity index (χ1) is 8.97. The molecule has 0 spiro atoms. The lowest BCUT2D eigenvalue weighted by Gasteiger charge is -2.18. The number of nitrogens with zero attached hydrogens (tertiary/aromatic N) is 1. The second kappa shape index (κ2) is 5.57. The van der Waals surface area contributed by atoms with Gasteiger partial charge in [-0.2, -0.15) is 0 Å². The lowest BCUT2D eigenvalue weighted by atomic mass is 10.1. The van der Waals surface area contributed by atoms with Gasteiger partial charge in [0.05, 0.1) is 17.4 Å². The first kappa shape index (κ1) is 13.8. The number of halogens is 2. The Labute approximate surface area is 119 Å². The van der Waals surface area contributed by atoms with Crippen molar-refractivity contribution in [3.8, 4) is 5.75 Å². The van der Waals surface area contributed by atoms with Gasteiger partial charge in [0.2, 0.25) is 0 Å². The number of phenolic OH excluding ortho intramolecular Hbond substituents is 1. The Morgan fingerprint density at radius 1 is 1.32 bits per heavy atom. The molecule has 2 rings (SSSR count). The van der Waals surface area contributed by atoms with Crippen molar-refractivity contribution in [3.05, 3.63) is 52.0 Å². The molecule has 2 aromatic rings. The molecule has 0 saturated heterocycles. The van der Waals surface area contributed by atoms with Gasteiger partial charge in [0.15, 0.2) is 0 Å². The zero-order valence-electron chi connectivity index (χ0n) is 10.6. The molecule has 1 aromatic heterocycles. The molecule has 19 heavy (non-hydrogen) atoms. The number of phenols is 1. The van der Waals surface area contributed by atoms with E-state index < -0.39 is 0 Å². The van der Waals surface area contributed by atoms with E-state index in [0.29, 0.717) is 5.56 Å². The number of hydrogen-bond acceptors (Lipinski definition) is 3. The summed E-state index contributed by atoms with van der Waals surface area (Å²) >= 11 is 3.30. The van der Waals surface area contributed by atoms with Crippen LogP contribution in [-0.2, 0) is 0 Å². The fourth-order valence-electron chi connectivity index (χ4n) is 1.87. The molecule has 1 atom stereocenters. The molecule has 1 unspecified atom stereocenters. The average Bonchev–Trinajstić information content (AvgIpc) is 2.35. The Morgan fingerprint density at radius 3 is 2.74 bits per heavy atom. The highest BCUT2D eigenvalue weighted by molar-refractivity contribution is 9.10. The Morgan fingerprint density at radius 2 is 2.05 bits per heavy atom. The number of aromatic hydroxyl groups is 1. The van der Waals surface area contributed by atoms with Crippen molar-refractivity contribution in [2.24, 2.45) is 0 Å². The number of hydrogen-bond donors (Lipinski definition) is 2. The van der Waals surface area contributed by atoms with E-state index in [1.54, 1.807) is 0 Å². The quantitative estimate of drug-likeness (QED) is 0.833. The van der Waals surface area contributed by atoms with Crippen molar-refractivity contribution in [3.63, 3.8) is 0 Å². The minimum Gasteiger partial charge on any atom is -0.508 e. The average molecular weight is 325 g/mol. The molecule has 0 fully saturated rings. The van der Waals surface area contributed by atoms with Gasteiger partial charge >= 0.3 is 0 Å². The van der Waals surface area contributed by atoms with Crippen molar-refractivity contribution >= 4 is 21.6 Å². The molecule has 3 nitrogen and oxygen atoms in total. The van der Waals surface area contributed by atoms with Gasteiger partial charge in [-0.05, 0) is 60.1 Å². The summed E-state index contributed by atoms with van der Waals surface area (Å²) in [4.78, 5) is 4.28. The van der Waals surface area contributed by atoms with Gasteiger partial charge in [-0.3, -0.25) is 0 Å². The van der Waals surface area contributed by atoms with Crippen molar-refractivity contribution in [1.82, 2.24) is 4.98 Å². The number of aromatic nitrogens is 1. The second-order valence-corrected chi connectivity index (χ2v) is 5.15. The minimum absolute atomic E-state index is 0.0733. The SMILES string of the molecule is Cc1nc(Br)ccc1NC(C)c1cc(F)ccc1O. The number of aryl methyl sites for hydroxylation is 1. The van der Waals surface area contributed by atoms with Gasteiger partial charge in [-0.1, -0.05) is 0 Å². The van der Waals surface area contributed by atoms with E-state index >= 15 is 0 Å². The van der Waals surface area contributed by atoms with E-state index in [9.17, 15) is 9.50 Å². The highest BCUT2D eigenvalue weighted by Crippen LogP contribution is 2.28. The van der Waals surface area contributed by atoms with Crippen molar-refractivity contribution in [2.45, 2.75) is 19.9 Å². The third-order valence-electron chi connectivity index (χ3n) is 2.88. The van der Waals surface area contributed by atoms with Crippen LogP contribution in [0, 0.1) is 12.7 Å². The lowest BCUT2D eigenvalue weighted by Crippen LogP contribution is -2.09. The molecule has 0 amide bonds. The lowest BCUT2D eigenvalue weighted by molar-refractivity contribution is 0.462. The predicted octanol–water partition coefficient (Wildman–Crippen LogP) is 4.17. The maximum atomic E-state index is 13.2. The number of benzene rings is 1. The topological polar surface area (TPSA) is 45.2 Å². The zero-order valence-corrected chi connectivity index (χ0v) is 12.2. The van der Waals surface area contributed by atoms with Crippen LogP contribution in [0.5, 0.6) is 5.75 Å². The molecular formula is C14H14BrFN2O. The molecule has 0 aliphatic heterocycles. The maximum Gasteiger partial charge on any atom is 0.123 e. The van der Waals surface area contributed by atoms with Crippen molar-refractivity contribution in [1.29, 1.82) is 0 Å². The van der Waals surface area contributed by atoms with E-state index in [-0.39, 0.29) is 17.6 Å². The largest absolute Gasteiger partial charge is 0.508 e. The number of nitrogens with one attached hydrogen (secondary N) is 1. The van der Waals surface area contributed by atoms with Crippen molar-refractivity contribution in [2.75, 3.05) is 5.32 Å². The summed E-state index contributed by atoms with van der Waals surface area (Å²) in [6.45, 7) is 3.74. The predicted molar refractivity (Wildman–Crippen MR) is 76.8 cm³/mol. The van der Waals surface area contributed by atoms with E-state index in [1.165, 1.54) is 18.2 Å². The Bertz CT molecular complexity index is 604. The van der Waals surface area contributed by atoms with Crippen LogP contribution < -0.4 is 5.32 Å². The number of anilines is 1. The van der Waals surface area contributed by atoms with Gasteiger partial charge in [0.1, 0.15) is 16.2 Å². The first-order valence-electron chi connectivity index (χ1n) is 5.85. The Hall–Kier alpha value is -1.62. The van der Waals surface area contributed by atoms with Crippen LogP contribution in [0.25, 0.3) is 0 Å². The Kier molecular flexibility index (Phi) is 4.04. The molecule has 0 saturated carbocycles. The van der Waals surface area contributed by atoms with E-state index in [4.69, 9.17) is 0 Å². The molecule has 0 aliphatic carbocycles. The van der Waals surface area contributed by atoms with Crippen molar-refractivity contribution < 1.29 is 9.50 Å². The van der Waals surface area contributed by atoms with Gasteiger partial charge < -0.3 is 10.4 Å². The molecule has 5 heteroatoms. The second-order valence-electron chi connectivity index (χ2n) is 4.34. The molecular weight excluding hydrogens is 311 g/mol.